The number of fused-ring (bicyclic) bond motifs is 1. The van der Waals surface area contributed by atoms with E-state index >= 15 is 0 Å². The van der Waals surface area contributed by atoms with Crippen LogP contribution < -0.4 is 9.42 Å². The highest BCUT2D eigenvalue weighted by molar-refractivity contribution is 5.72. The van der Waals surface area contributed by atoms with Crippen molar-refractivity contribution in [2.24, 2.45) is 0 Å². The van der Waals surface area contributed by atoms with E-state index in [-0.39, 0.29) is 5.75 Å². The molecule has 0 fully saturated rings. The van der Waals surface area contributed by atoms with Gasteiger partial charge in [0.25, 0.3) is 5.52 Å². The van der Waals surface area contributed by atoms with Crippen LogP contribution in [0.15, 0.2) is 18.2 Å². The smallest absolute Gasteiger partial charge is 0.406 e. The molecule has 0 amide bonds. The van der Waals surface area contributed by atoms with Gasteiger partial charge in [0.15, 0.2) is 0 Å². The molecule has 4 nitrogen and oxygen atoms in total. The molecule has 0 saturated carbocycles. The lowest BCUT2D eigenvalue weighted by molar-refractivity contribution is -0.727. The number of aromatic amines is 1. The molecule has 2 aromatic rings. The summed E-state index contributed by atoms with van der Waals surface area (Å²) in [7, 11) is 0. The first-order valence-corrected chi connectivity index (χ1v) is 4.63. The zero-order valence-electron chi connectivity index (χ0n) is 8.38. The molecule has 0 bridgehead atoms. The third-order valence-corrected chi connectivity index (χ3v) is 2.08. The number of aromatic nitrogens is 3. The van der Waals surface area contributed by atoms with E-state index in [2.05, 4.69) is 15.0 Å². The molecule has 0 unspecified atom stereocenters. The highest BCUT2D eigenvalue weighted by atomic mass is 19.4. The second-order valence-electron chi connectivity index (χ2n) is 3.15. The Bertz CT molecular complexity index is 506. The van der Waals surface area contributed by atoms with Crippen molar-refractivity contribution in [3.8, 4) is 5.75 Å². The van der Waals surface area contributed by atoms with E-state index in [0.29, 0.717) is 12.1 Å². The van der Waals surface area contributed by atoms with Crippen molar-refractivity contribution >= 4 is 11.0 Å². The Hall–Kier alpha value is -1.79. The van der Waals surface area contributed by atoms with Crippen LogP contribution in [0.5, 0.6) is 5.75 Å². The summed E-state index contributed by atoms with van der Waals surface area (Å²) in [6, 6.07) is 4.03. The number of nitrogens with zero attached hydrogens (tertiary/aromatic N) is 2. The highest BCUT2D eigenvalue weighted by Gasteiger charge is 2.31. The Balaban J connectivity index is 2.38. The lowest BCUT2D eigenvalue weighted by Crippen LogP contribution is -2.34. The van der Waals surface area contributed by atoms with Crippen molar-refractivity contribution in [2.75, 3.05) is 0 Å². The minimum atomic E-state index is -4.68. The maximum Gasteiger partial charge on any atom is 0.573 e. The Morgan fingerprint density at radius 1 is 1.44 bits per heavy atom. The van der Waals surface area contributed by atoms with Crippen LogP contribution in [0.4, 0.5) is 13.2 Å². The van der Waals surface area contributed by atoms with Gasteiger partial charge in [0.05, 0.1) is 0 Å². The predicted octanol–water partition coefficient (Wildman–Crippen LogP) is 1.77. The molecule has 1 aromatic heterocycles. The molecule has 0 aliphatic heterocycles. The molecule has 86 valence electrons. The molecule has 0 aliphatic carbocycles. The van der Waals surface area contributed by atoms with Crippen molar-refractivity contribution in [1.29, 1.82) is 0 Å². The van der Waals surface area contributed by atoms with Gasteiger partial charge in [0, 0.05) is 11.2 Å². The number of benzene rings is 1. The summed E-state index contributed by atoms with van der Waals surface area (Å²) < 4.78 is 41.4. The highest BCUT2D eigenvalue weighted by Crippen LogP contribution is 2.24. The van der Waals surface area contributed by atoms with Crippen LogP contribution >= 0.6 is 0 Å². The van der Waals surface area contributed by atoms with E-state index in [4.69, 9.17) is 0 Å². The normalized spacial score (nSPS) is 12.0. The van der Waals surface area contributed by atoms with E-state index in [0.717, 1.165) is 5.52 Å². The molecule has 0 atom stereocenters. The van der Waals surface area contributed by atoms with Crippen LogP contribution in [0.1, 0.15) is 6.92 Å². The number of halogens is 3. The van der Waals surface area contributed by atoms with Gasteiger partial charge in [-0.3, -0.25) is 0 Å². The van der Waals surface area contributed by atoms with Crippen LogP contribution in [0.25, 0.3) is 11.0 Å². The van der Waals surface area contributed by atoms with Crippen LogP contribution in [0.2, 0.25) is 0 Å². The van der Waals surface area contributed by atoms with E-state index in [1.165, 1.54) is 18.2 Å². The van der Waals surface area contributed by atoms with E-state index in [9.17, 15) is 13.2 Å². The number of aryl methyl sites for hydroxylation is 1. The fraction of sp³-hybridized carbons (Fsp3) is 0.333. The minimum absolute atomic E-state index is 0.269. The summed E-state index contributed by atoms with van der Waals surface area (Å²) in [6.07, 6.45) is -4.68. The first-order valence-electron chi connectivity index (χ1n) is 4.63. The first-order chi connectivity index (χ1) is 7.49. The first kappa shape index (κ1) is 10.7. The number of rotatable bonds is 2. The minimum Gasteiger partial charge on any atom is -0.406 e. The Labute approximate surface area is 88.6 Å². The number of ether oxygens (including phenoxy) is 1. The van der Waals surface area contributed by atoms with Crippen LogP contribution in [-0.2, 0) is 6.54 Å². The third kappa shape index (κ3) is 2.07. The van der Waals surface area contributed by atoms with Crippen LogP contribution in [0.3, 0.4) is 0 Å². The lowest BCUT2D eigenvalue weighted by Gasteiger charge is -2.07. The van der Waals surface area contributed by atoms with Gasteiger partial charge in [-0.2, -0.15) is 4.68 Å². The molecule has 1 heterocycles. The number of hydrogen-bond donors (Lipinski definition) is 1. The molecular formula is C9H9F3N3O+. The zero-order chi connectivity index (χ0) is 11.8. The zero-order valence-corrected chi connectivity index (χ0v) is 8.38. The van der Waals surface area contributed by atoms with Crippen LogP contribution in [0, 0.1) is 0 Å². The molecule has 2 rings (SSSR count). The summed E-state index contributed by atoms with van der Waals surface area (Å²) in [6.45, 7) is 2.56. The van der Waals surface area contributed by atoms with Gasteiger partial charge in [-0.1, -0.05) is 5.21 Å². The largest absolute Gasteiger partial charge is 0.573 e. The summed E-state index contributed by atoms with van der Waals surface area (Å²) in [5, 5.41) is 6.55. The van der Waals surface area contributed by atoms with Gasteiger partial charge in [0.1, 0.15) is 12.3 Å². The van der Waals surface area contributed by atoms with Crippen LogP contribution in [-0.4, -0.2) is 16.7 Å². The lowest BCUT2D eigenvalue weighted by atomic mass is 10.3. The second-order valence-corrected chi connectivity index (χ2v) is 3.15. The number of nitrogens with one attached hydrogen (secondary N) is 1. The standard InChI is InChI=1S/C9H8F3N3O/c1-2-15-8-4-3-6(16-9(10,11)12)5-7(8)13-14-15/h3-5H,2H2,1H3/p+1. The Morgan fingerprint density at radius 2 is 2.19 bits per heavy atom. The van der Waals surface area contributed by atoms with Gasteiger partial charge < -0.3 is 4.74 Å². The van der Waals surface area contributed by atoms with Gasteiger partial charge in [-0.05, 0) is 19.1 Å². The number of H-pyrrole nitrogens is 1. The van der Waals surface area contributed by atoms with Gasteiger partial charge in [0.2, 0.25) is 5.52 Å². The van der Waals surface area contributed by atoms with Gasteiger partial charge in [-0.15, -0.1) is 13.2 Å². The predicted molar refractivity (Wildman–Crippen MR) is 48.6 cm³/mol. The van der Waals surface area contributed by atoms with E-state index in [1.807, 2.05) is 6.92 Å². The van der Waals surface area contributed by atoms with Crippen molar-refractivity contribution in [2.45, 2.75) is 19.8 Å². The molecule has 0 aliphatic rings. The molecule has 1 N–H and O–H groups in total. The number of alkyl halides is 3. The van der Waals surface area contributed by atoms with Gasteiger partial charge in [-0.25, -0.2) is 0 Å². The fourth-order valence-electron chi connectivity index (χ4n) is 1.43. The average Bonchev–Trinajstić information content (AvgIpc) is 2.57. The quantitative estimate of drug-likeness (QED) is 0.802. The van der Waals surface area contributed by atoms with Crippen molar-refractivity contribution in [1.82, 2.24) is 10.3 Å². The molecule has 0 saturated heterocycles. The molecule has 1 aromatic carbocycles. The Kier molecular flexibility index (Phi) is 2.45. The second kappa shape index (κ2) is 3.66. The molecule has 0 radical (unpaired) electrons. The maximum atomic E-state index is 12.0. The van der Waals surface area contributed by atoms with Crippen molar-refractivity contribution < 1.29 is 22.6 Å². The molecule has 16 heavy (non-hydrogen) atoms. The van der Waals surface area contributed by atoms with E-state index < -0.39 is 6.36 Å². The summed E-state index contributed by atoms with van der Waals surface area (Å²) >= 11 is 0. The van der Waals surface area contributed by atoms with Gasteiger partial charge >= 0.3 is 6.36 Å². The topological polar surface area (TPSA) is 41.8 Å². The summed E-state index contributed by atoms with van der Waals surface area (Å²) in [4.78, 5) is 0. The maximum absolute atomic E-state index is 12.0. The summed E-state index contributed by atoms with van der Waals surface area (Å²) in [5.41, 5.74) is 1.17. The van der Waals surface area contributed by atoms with E-state index in [1.54, 1.807) is 4.68 Å². The molecule has 0 spiro atoms. The number of hydrogen-bond acceptors (Lipinski definition) is 2. The fourth-order valence-corrected chi connectivity index (χ4v) is 1.43. The SMILES string of the molecule is CC[n+]1[nH]nc2cc(OC(F)(F)F)ccc21. The summed E-state index contributed by atoms with van der Waals surface area (Å²) in [5.74, 6) is -0.269. The third-order valence-electron chi connectivity index (χ3n) is 2.08. The van der Waals surface area contributed by atoms with Crippen molar-refractivity contribution in [3.05, 3.63) is 18.2 Å². The molecular weight excluding hydrogens is 223 g/mol. The van der Waals surface area contributed by atoms with Crippen molar-refractivity contribution in [3.63, 3.8) is 0 Å². The Morgan fingerprint density at radius 3 is 2.81 bits per heavy atom. The monoisotopic (exact) mass is 232 g/mol. The average molecular weight is 232 g/mol. The molecule has 7 heteroatoms.